The van der Waals surface area contributed by atoms with Gasteiger partial charge in [-0.2, -0.15) is 0 Å². The number of nitrogens with zero attached hydrogens (tertiary/aromatic N) is 5. The van der Waals surface area contributed by atoms with Gasteiger partial charge in [0.25, 0.3) is 5.56 Å². The van der Waals surface area contributed by atoms with Crippen molar-refractivity contribution >= 4 is 26.7 Å². The first-order chi connectivity index (χ1) is 15.6. The number of fused-ring (bicyclic) bond motifs is 2. The van der Waals surface area contributed by atoms with E-state index in [9.17, 15) is 4.79 Å². The minimum absolute atomic E-state index is 0.184. The van der Waals surface area contributed by atoms with E-state index in [4.69, 9.17) is 9.97 Å². The van der Waals surface area contributed by atoms with Gasteiger partial charge in [-0.1, -0.05) is 23.5 Å². The van der Waals surface area contributed by atoms with Crippen LogP contribution in [-0.4, -0.2) is 51.7 Å². The first-order valence-electron chi connectivity index (χ1n) is 12.0. The third kappa shape index (κ3) is 4.33. The van der Waals surface area contributed by atoms with Gasteiger partial charge in [-0.3, -0.25) is 14.3 Å². The van der Waals surface area contributed by atoms with E-state index in [0.717, 1.165) is 98.9 Å². The Balaban J connectivity index is 1.14. The van der Waals surface area contributed by atoms with Gasteiger partial charge in [0, 0.05) is 51.3 Å². The molecule has 3 aromatic rings. The zero-order valence-corrected chi connectivity index (χ0v) is 20.0. The lowest BCUT2D eigenvalue weighted by molar-refractivity contribution is 0.186. The normalized spacial score (nSPS) is 18.1. The lowest BCUT2D eigenvalue weighted by Crippen LogP contribution is -2.49. The number of hydrogen-bond donors (Lipinski definition) is 0. The van der Waals surface area contributed by atoms with Crippen molar-refractivity contribution in [2.24, 2.45) is 7.05 Å². The van der Waals surface area contributed by atoms with Crippen LogP contribution in [0.1, 0.15) is 49.7 Å². The minimum Gasteiger partial charge on any atom is -0.345 e. The molecule has 0 radical (unpaired) electrons. The van der Waals surface area contributed by atoms with Crippen LogP contribution >= 0.6 is 11.3 Å². The Morgan fingerprint density at radius 3 is 2.66 bits per heavy atom. The van der Waals surface area contributed by atoms with Crippen molar-refractivity contribution in [3.05, 3.63) is 51.7 Å². The Labute approximate surface area is 193 Å². The molecule has 2 aromatic heterocycles. The van der Waals surface area contributed by atoms with Gasteiger partial charge in [0.1, 0.15) is 5.82 Å². The van der Waals surface area contributed by atoms with Crippen molar-refractivity contribution in [2.75, 3.05) is 31.1 Å². The molecule has 32 heavy (non-hydrogen) atoms. The van der Waals surface area contributed by atoms with Gasteiger partial charge >= 0.3 is 0 Å². The van der Waals surface area contributed by atoms with Crippen molar-refractivity contribution in [3.63, 3.8) is 0 Å². The van der Waals surface area contributed by atoms with E-state index in [1.807, 2.05) is 7.05 Å². The molecule has 1 saturated heterocycles. The number of aromatic nitrogens is 3. The number of thiazole rings is 1. The first kappa shape index (κ1) is 21.6. The van der Waals surface area contributed by atoms with Crippen LogP contribution in [0.3, 0.4) is 0 Å². The smallest absolute Gasteiger partial charge is 0.256 e. The Kier molecular flexibility index (Phi) is 6.28. The highest BCUT2D eigenvalue weighted by Gasteiger charge is 2.23. The van der Waals surface area contributed by atoms with Crippen LogP contribution in [0.25, 0.3) is 10.2 Å². The maximum atomic E-state index is 12.7. The Bertz CT molecular complexity index is 1110. The third-order valence-corrected chi connectivity index (χ3v) is 8.26. The lowest BCUT2D eigenvalue weighted by Gasteiger charge is -2.38. The van der Waals surface area contributed by atoms with Crippen molar-refractivity contribution in [3.8, 4) is 0 Å². The van der Waals surface area contributed by atoms with Crippen molar-refractivity contribution in [1.29, 1.82) is 0 Å². The fraction of sp³-hybridized carbons (Fsp3) is 0.560. The van der Waals surface area contributed by atoms with Crippen LogP contribution in [0.4, 0.5) is 5.13 Å². The summed E-state index contributed by atoms with van der Waals surface area (Å²) in [5.74, 6) is 0.962. The molecule has 0 amide bonds. The molecule has 170 valence electrons. The summed E-state index contributed by atoms with van der Waals surface area (Å²) >= 11 is 1.80. The van der Waals surface area contributed by atoms with Crippen LogP contribution in [-0.2, 0) is 26.3 Å². The molecule has 1 unspecified atom stereocenters. The van der Waals surface area contributed by atoms with E-state index in [1.165, 1.54) is 4.70 Å². The van der Waals surface area contributed by atoms with E-state index >= 15 is 0 Å². The van der Waals surface area contributed by atoms with Crippen LogP contribution in [0.2, 0.25) is 0 Å². The number of benzene rings is 1. The molecule has 7 heteroatoms. The zero-order chi connectivity index (χ0) is 22.1. The number of aryl methyl sites for hydroxylation is 2. The number of piperazine rings is 1. The topological polar surface area (TPSA) is 54.3 Å². The second-order valence-corrected chi connectivity index (χ2v) is 10.3. The van der Waals surface area contributed by atoms with Crippen molar-refractivity contribution in [1.82, 2.24) is 19.4 Å². The van der Waals surface area contributed by atoms with Gasteiger partial charge in [0.15, 0.2) is 5.13 Å². The molecule has 1 aromatic carbocycles. The van der Waals surface area contributed by atoms with E-state index in [0.29, 0.717) is 6.04 Å². The summed E-state index contributed by atoms with van der Waals surface area (Å²) in [6, 6.07) is 8.94. The van der Waals surface area contributed by atoms with Crippen molar-refractivity contribution in [2.45, 2.75) is 57.9 Å². The molecule has 0 bridgehead atoms. The highest BCUT2D eigenvalue weighted by molar-refractivity contribution is 7.22. The molecule has 1 aliphatic carbocycles. The predicted octanol–water partition coefficient (Wildman–Crippen LogP) is 3.80. The first-order valence-corrected chi connectivity index (χ1v) is 12.8. The average molecular weight is 452 g/mol. The molecule has 0 spiro atoms. The quantitative estimate of drug-likeness (QED) is 0.571. The van der Waals surface area contributed by atoms with Crippen molar-refractivity contribution < 1.29 is 0 Å². The summed E-state index contributed by atoms with van der Waals surface area (Å²) in [6.45, 7) is 6.56. The summed E-state index contributed by atoms with van der Waals surface area (Å²) in [7, 11) is 1.89. The Morgan fingerprint density at radius 2 is 1.84 bits per heavy atom. The summed E-state index contributed by atoms with van der Waals surface area (Å²) < 4.78 is 3.06. The van der Waals surface area contributed by atoms with Gasteiger partial charge in [-0.15, -0.1) is 0 Å². The fourth-order valence-electron chi connectivity index (χ4n) is 5.10. The van der Waals surface area contributed by atoms with Gasteiger partial charge in [-0.25, -0.2) is 9.97 Å². The van der Waals surface area contributed by atoms with Crippen LogP contribution < -0.4 is 10.5 Å². The zero-order valence-electron chi connectivity index (χ0n) is 19.2. The monoisotopic (exact) mass is 451 g/mol. The Hall–Kier alpha value is -2.25. The molecule has 0 N–H and O–H groups in total. The molecule has 1 aliphatic heterocycles. The lowest BCUT2D eigenvalue weighted by atomic mass is 9.97. The molecule has 1 atom stereocenters. The van der Waals surface area contributed by atoms with Gasteiger partial charge in [0.05, 0.1) is 15.9 Å². The molecule has 6 nitrogen and oxygen atoms in total. The van der Waals surface area contributed by atoms with Crippen LogP contribution in [0, 0.1) is 0 Å². The van der Waals surface area contributed by atoms with Gasteiger partial charge in [0.2, 0.25) is 0 Å². The van der Waals surface area contributed by atoms with Gasteiger partial charge < -0.3 is 4.90 Å². The summed E-state index contributed by atoms with van der Waals surface area (Å²) in [5, 5.41) is 1.15. The second kappa shape index (κ2) is 9.32. The van der Waals surface area contributed by atoms with Crippen LogP contribution in [0.15, 0.2) is 29.1 Å². The molecule has 0 saturated carbocycles. The summed E-state index contributed by atoms with van der Waals surface area (Å²) in [5.41, 5.74) is 3.31. The van der Waals surface area contributed by atoms with Crippen LogP contribution in [0.5, 0.6) is 0 Å². The summed E-state index contributed by atoms with van der Waals surface area (Å²) in [6.07, 6.45) is 7.23. The highest BCUT2D eigenvalue weighted by Crippen LogP contribution is 2.29. The Morgan fingerprint density at radius 1 is 1.06 bits per heavy atom. The molecule has 2 aliphatic rings. The van der Waals surface area contributed by atoms with E-state index in [1.54, 1.807) is 15.9 Å². The van der Waals surface area contributed by atoms with Gasteiger partial charge in [-0.05, 0) is 57.6 Å². The molecular formula is C25H33N5OS. The highest BCUT2D eigenvalue weighted by atomic mass is 32.1. The average Bonchev–Trinajstić information content (AvgIpc) is 3.26. The third-order valence-electron chi connectivity index (χ3n) is 7.17. The number of anilines is 1. The van der Waals surface area contributed by atoms with E-state index < -0.39 is 0 Å². The fourth-order valence-corrected chi connectivity index (χ4v) is 6.12. The van der Waals surface area contributed by atoms with E-state index in [-0.39, 0.29) is 5.56 Å². The predicted molar refractivity (Wildman–Crippen MR) is 132 cm³/mol. The summed E-state index contributed by atoms with van der Waals surface area (Å²) in [4.78, 5) is 27.4. The number of para-hydroxylation sites is 1. The van der Waals surface area contributed by atoms with E-state index in [2.05, 4.69) is 41.0 Å². The SMILES string of the molecule is CC(CCCc1nc2c(c(=O)n1C)CCCC2)N1CCN(c2nc3ccccc3s2)CC1. The molecule has 3 heterocycles. The molecule has 1 fully saturated rings. The molecule has 5 rings (SSSR count). The second-order valence-electron chi connectivity index (χ2n) is 9.25. The maximum Gasteiger partial charge on any atom is 0.256 e. The minimum atomic E-state index is 0.184. The number of hydrogen-bond acceptors (Lipinski definition) is 6. The standard InChI is InChI=1S/C25H33N5OS/c1-18(8-7-13-23-26-20-10-4-3-9-19(20)24(31)28(23)2)29-14-16-30(17-15-29)25-27-21-11-5-6-12-22(21)32-25/h5-6,11-12,18H,3-4,7-10,13-17H2,1-2H3. The molecular weight excluding hydrogens is 418 g/mol. The largest absolute Gasteiger partial charge is 0.345 e. The maximum absolute atomic E-state index is 12.7. The number of rotatable bonds is 6.